The van der Waals surface area contributed by atoms with Crippen LogP contribution >= 0.6 is 12.4 Å². The molecule has 3 atom stereocenters. The molecule has 1 aromatic heterocycles. The third-order valence-electron chi connectivity index (χ3n) is 4.24. The number of halogens is 1. The van der Waals surface area contributed by atoms with Crippen LogP contribution < -0.4 is 10.6 Å². The van der Waals surface area contributed by atoms with Crippen LogP contribution in [-0.2, 0) is 0 Å². The minimum atomic E-state index is -0.0534. The average molecular weight is 309 g/mol. The first-order chi connectivity index (χ1) is 9.66. The maximum absolute atomic E-state index is 12.5. The molecule has 0 spiro atoms. The van der Waals surface area contributed by atoms with Crippen LogP contribution in [0.1, 0.15) is 30.6 Å². The summed E-state index contributed by atoms with van der Waals surface area (Å²) in [5.74, 6) is 0.427. The van der Waals surface area contributed by atoms with Gasteiger partial charge in [0, 0.05) is 17.5 Å². The second-order valence-corrected chi connectivity index (χ2v) is 5.65. The Morgan fingerprint density at radius 1 is 1.33 bits per heavy atom. The van der Waals surface area contributed by atoms with Crippen LogP contribution in [0.25, 0.3) is 11.0 Å². The molecule has 2 N–H and O–H groups in total. The van der Waals surface area contributed by atoms with Crippen LogP contribution in [-0.4, -0.2) is 24.5 Å². The molecule has 4 nitrogen and oxygen atoms in total. The zero-order valence-corrected chi connectivity index (χ0v) is 13.1. The van der Waals surface area contributed by atoms with Crippen LogP contribution in [0.15, 0.2) is 34.9 Å². The van der Waals surface area contributed by atoms with E-state index in [9.17, 15) is 4.79 Å². The van der Waals surface area contributed by atoms with E-state index in [4.69, 9.17) is 4.42 Å². The standard InChI is InChI=1S/C16H20N2O2.ClH/c1-10-7-8-17-11(2)15(10)18-16(19)13-9-20-14-6-4-3-5-12(13)14;/h3-6,9-11,15,17H,7-8H2,1-2H3,(H,18,19);1H. The molecule has 5 heteroatoms. The van der Waals surface area contributed by atoms with Crippen LogP contribution in [0, 0.1) is 5.92 Å². The van der Waals surface area contributed by atoms with Crippen molar-refractivity contribution in [3.8, 4) is 0 Å². The lowest BCUT2D eigenvalue weighted by Gasteiger charge is -2.35. The Bertz CT molecular complexity index is 616. The Kier molecular flexibility index (Phi) is 4.91. The Morgan fingerprint density at radius 2 is 2.10 bits per heavy atom. The number of furan rings is 1. The highest BCUT2D eigenvalue weighted by Gasteiger charge is 2.29. The first-order valence-electron chi connectivity index (χ1n) is 7.17. The van der Waals surface area contributed by atoms with Crippen molar-refractivity contribution in [2.45, 2.75) is 32.4 Å². The molecule has 1 aromatic carbocycles. The number of carbonyl (C=O) groups is 1. The highest BCUT2D eigenvalue weighted by Crippen LogP contribution is 2.22. The van der Waals surface area contributed by atoms with Crippen LogP contribution in [0.5, 0.6) is 0 Å². The Labute approximate surface area is 130 Å². The van der Waals surface area contributed by atoms with Crippen molar-refractivity contribution in [3.05, 3.63) is 36.1 Å². The molecule has 2 aromatic rings. The van der Waals surface area contributed by atoms with Crippen LogP contribution in [0.3, 0.4) is 0 Å². The van der Waals surface area contributed by atoms with E-state index in [0.29, 0.717) is 17.5 Å². The van der Waals surface area contributed by atoms with E-state index in [2.05, 4.69) is 24.5 Å². The summed E-state index contributed by atoms with van der Waals surface area (Å²) in [4.78, 5) is 12.5. The third-order valence-corrected chi connectivity index (χ3v) is 4.24. The number of piperidine rings is 1. The van der Waals surface area contributed by atoms with E-state index in [1.54, 1.807) is 6.26 Å². The number of nitrogens with one attached hydrogen (secondary N) is 2. The average Bonchev–Trinajstić information content (AvgIpc) is 2.87. The van der Waals surface area contributed by atoms with E-state index < -0.39 is 0 Å². The smallest absolute Gasteiger partial charge is 0.255 e. The number of hydrogen-bond acceptors (Lipinski definition) is 3. The molecule has 2 heterocycles. The lowest BCUT2D eigenvalue weighted by atomic mass is 9.89. The summed E-state index contributed by atoms with van der Waals surface area (Å²) < 4.78 is 5.44. The van der Waals surface area contributed by atoms with Crippen molar-refractivity contribution in [1.82, 2.24) is 10.6 Å². The van der Waals surface area contributed by atoms with Gasteiger partial charge in [0.2, 0.25) is 0 Å². The summed E-state index contributed by atoms with van der Waals surface area (Å²) >= 11 is 0. The summed E-state index contributed by atoms with van der Waals surface area (Å²) in [6, 6.07) is 8.06. The van der Waals surface area contributed by atoms with Crippen molar-refractivity contribution < 1.29 is 9.21 Å². The van der Waals surface area contributed by atoms with Crippen molar-refractivity contribution in [1.29, 1.82) is 0 Å². The third kappa shape index (κ3) is 3.06. The molecule has 0 saturated carbocycles. The number of fused-ring (bicyclic) bond motifs is 1. The van der Waals surface area contributed by atoms with Gasteiger partial charge < -0.3 is 15.1 Å². The van der Waals surface area contributed by atoms with Gasteiger partial charge in [0.1, 0.15) is 11.8 Å². The molecule has 0 bridgehead atoms. The molecule has 3 rings (SSSR count). The minimum Gasteiger partial charge on any atom is -0.463 e. The summed E-state index contributed by atoms with van der Waals surface area (Å²) in [6.45, 7) is 5.33. The van der Waals surface area contributed by atoms with Crippen LogP contribution in [0.4, 0.5) is 0 Å². The van der Waals surface area contributed by atoms with Gasteiger partial charge in [0.15, 0.2) is 0 Å². The number of rotatable bonds is 2. The zero-order chi connectivity index (χ0) is 14.1. The van der Waals surface area contributed by atoms with Gasteiger partial charge in [-0.1, -0.05) is 25.1 Å². The fraction of sp³-hybridized carbons (Fsp3) is 0.438. The zero-order valence-electron chi connectivity index (χ0n) is 12.3. The monoisotopic (exact) mass is 308 g/mol. The van der Waals surface area contributed by atoms with E-state index in [-0.39, 0.29) is 24.4 Å². The Hall–Kier alpha value is -1.52. The summed E-state index contributed by atoms with van der Waals surface area (Å²) in [6.07, 6.45) is 2.63. The van der Waals surface area contributed by atoms with Crippen LogP contribution in [0.2, 0.25) is 0 Å². The fourth-order valence-electron chi connectivity index (χ4n) is 2.99. The van der Waals surface area contributed by atoms with Crippen molar-refractivity contribution in [2.24, 2.45) is 5.92 Å². The minimum absolute atomic E-state index is 0. The van der Waals surface area contributed by atoms with Gasteiger partial charge in [-0.3, -0.25) is 4.79 Å². The van der Waals surface area contributed by atoms with E-state index in [1.807, 2.05) is 24.3 Å². The van der Waals surface area contributed by atoms with Gasteiger partial charge in [-0.15, -0.1) is 12.4 Å². The molecule has 21 heavy (non-hydrogen) atoms. The number of hydrogen-bond donors (Lipinski definition) is 2. The largest absolute Gasteiger partial charge is 0.463 e. The lowest BCUT2D eigenvalue weighted by Crippen LogP contribution is -2.55. The van der Waals surface area contributed by atoms with Gasteiger partial charge in [-0.2, -0.15) is 0 Å². The summed E-state index contributed by atoms with van der Waals surface area (Å²) in [5.41, 5.74) is 1.37. The first-order valence-corrected chi connectivity index (χ1v) is 7.17. The fourth-order valence-corrected chi connectivity index (χ4v) is 2.99. The molecule has 1 fully saturated rings. The maximum Gasteiger partial charge on any atom is 0.255 e. The normalized spacial score (nSPS) is 25.3. The molecule has 1 aliphatic rings. The topological polar surface area (TPSA) is 54.3 Å². The second-order valence-electron chi connectivity index (χ2n) is 5.65. The number of para-hydroxylation sites is 1. The number of amides is 1. The molecule has 1 amide bonds. The molecule has 1 saturated heterocycles. The molecular formula is C16H21ClN2O2. The number of benzene rings is 1. The SMILES string of the molecule is CC1CCNC(C)C1NC(=O)c1coc2ccccc12.Cl. The van der Waals surface area contributed by atoms with E-state index >= 15 is 0 Å². The van der Waals surface area contributed by atoms with E-state index in [1.165, 1.54) is 0 Å². The van der Waals surface area contributed by atoms with Crippen molar-refractivity contribution >= 4 is 29.3 Å². The second kappa shape index (κ2) is 6.50. The van der Waals surface area contributed by atoms with E-state index in [0.717, 1.165) is 23.9 Å². The van der Waals surface area contributed by atoms with Gasteiger partial charge in [-0.05, 0) is 31.9 Å². The molecule has 114 valence electrons. The van der Waals surface area contributed by atoms with Gasteiger partial charge in [0.05, 0.1) is 5.56 Å². The Balaban J connectivity index is 0.00000161. The van der Waals surface area contributed by atoms with Gasteiger partial charge in [-0.25, -0.2) is 0 Å². The van der Waals surface area contributed by atoms with Gasteiger partial charge >= 0.3 is 0 Å². The number of carbonyl (C=O) groups excluding carboxylic acids is 1. The molecular weight excluding hydrogens is 288 g/mol. The molecule has 3 unspecified atom stereocenters. The molecule has 1 aliphatic heterocycles. The van der Waals surface area contributed by atoms with Crippen molar-refractivity contribution in [2.75, 3.05) is 6.54 Å². The summed E-state index contributed by atoms with van der Waals surface area (Å²) in [5, 5.41) is 7.43. The molecule has 0 aliphatic carbocycles. The Morgan fingerprint density at radius 3 is 2.86 bits per heavy atom. The highest BCUT2D eigenvalue weighted by atomic mass is 35.5. The predicted octanol–water partition coefficient (Wildman–Crippen LogP) is 2.97. The van der Waals surface area contributed by atoms with Crippen molar-refractivity contribution in [3.63, 3.8) is 0 Å². The predicted molar refractivity (Wildman–Crippen MR) is 86.0 cm³/mol. The quantitative estimate of drug-likeness (QED) is 0.897. The maximum atomic E-state index is 12.5. The first kappa shape index (κ1) is 15.9. The van der Waals surface area contributed by atoms with Gasteiger partial charge in [0.25, 0.3) is 5.91 Å². The lowest BCUT2D eigenvalue weighted by molar-refractivity contribution is 0.0898. The summed E-state index contributed by atoms with van der Waals surface area (Å²) in [7, 11) is 0. The molecule has 0 radical (unpaired) electrons. The highest BCUT2D eigenvalue weighted by molar-refractivity contribution is 6.06.